The fraction of sp³-hybridized carbons (Fsp3) is 0.167. The van der Waals surface area contributed by atoms with Gasteiger partial charge in [-0.2, -0.15) is 0 Å². The Morgan fingerprint density at radius 1 is 1.47 bits per heavy atom. The highest BCUT2D eigenvalue weighted by Crippen LogP contribution is 2.28. The summed E-state index contributed by atoms with van der Waals surface area (Å²) in [6, 6.07) is 0.179. The maximum atomic E-state index is 12.5. The average molecular weight is 289 g/mol. The van der Waals surface area contributed by atoms with Gasteiger partial charge in [-0.25, -0.2) is 17.2 Å². The Labute approximate surface area is 96.6 Å². The first-order valence-corrected chi connectivity index (χ1v) is 6.10. The van der Waals surface area contributed by atoms with Gasteiger partial charge in [-0.15, -0.1) is 0 Å². The molecular formula is C6H3ClF2N2O5S. The number of hydrogen-bond donors (Lipinski definition) is 1. The van der Waals surface area contributed by atoms with Gasteiger partial charge in [-0.3, -0.25) is 14.9 Å². The lowest BCUT2D eigenvalue weighted by Gasteiger charge is -2.04. The molecule has 0 fully saturated rings. The van der Waals surface area contributed by atoms with Crippen molar-refractivity contribution in [2.45, 2.75) is 11.5 Å². The van der Waals surface area contributed by atoms with Crippen molar-refractivity contribution in [1.29, 1.82) is 0 Å². The van der Waals surface area contributed by atoms with Crippen molar-refractivity contribution in [3.05, 3.63) is 32.1 Å². The summed E-state index contributed by atoms with van der Waals surface area (Å²) in [6.07, 6.45) is -3.34. The standard InChI is InChI=1S/C6H3ClF2N2O5S/c7-17(15,16)6-2(4(8)9)1-3(11(13)14)5(12)10-6/h1,4H,(H,10,12). The third-order valence-corrected chi connectivity index (χ3v) is 2.98. The van der Waals surface area contributed by atoms with Gasteiger partial charge in [0.2, 0.25) is 0 Å². The van der Waals surface area contributed by atoms with Crippen LogP contribution < -0.4 is 5.56 Å². The van der Waals surface area contributed by atoms with Crippen LogP contribution in [0.3, 0.4) is 0 Å². The molecule has 1 heterocycles. The van der Waals surface area contributed by atoms with Crippen molar-refractivity contribution in [3.63, 3.8) is 0 Å². The molecule has 0 saturated carbocycles. The number of rotatable bonds is 3. The van der Waals surface area contributed by atoms with E-state index in [2.05, 4.69) is 0 Å². The van der Waals surface area contributed by atoms with Crippen LogP contribution in [-0.4, -0.2) is 18.3 Å². The smallest absolute Gasteiger partial charge is 0.306 e. The van der Waals surface area contributed by atoms with Gasteiger partial charge in [-0.1, -0.05) is 0 Å². The Bertz CT molecular complexity index is 626. The summed E-state index contributed by atoms with van der Waals surface area (Å²) >= 11 is 0. The minimum absolute atomic E-state index is 0.179. The van der Waals surface area contributed by atoms with Gasteiger partial charge < -0.3 is 4.98 Å². The Morgan fingerprint density at radius 2 is 2.00 bits per heavy atom. The Kier molecular flexibility index (Phi) is 3.48. The van der Waals surface area contributed by atoms with Crippen LogP contribution >= 0.6 is 10.7 Å². The highest BCUT2D eigenvalue weighted by atomic mass is 35.7. The predicted molar refractivity (Wildman–Crippen MR) is 51.7 cm³/mol. The number of aromatic amines is 1. The van der Waals surface area contributed by atoms with E-state index in [4.69, 9.17) is 10.7 Å². The lowest BCUT2D eigenvalue weighted by molar-refractivity contribution is -0.386. The van der Waals surface area contributed by atoms with Crippen molar-refractivity contribution < 1.29 is 22.1 Å². The second-order valence-corrected chi connectivity index (χ2v) is 5.27. The quantitative estimate of drug-likeness (QED) is 0.509. The molecule has 0 aliphatic rings. The van der Waals surface area contributed by atoms with Crippen molar-refractivity contribution in [1.82, 2.24) is 4.98 Å². The number of alkyl halides is 2. The van der Waals surface area contributed by atoms with Crippen molar-refractivity contribution in [3.8, 4) is 0 Å². The molecule has 0 spiro atoms. The number of halogens is 3. The van der Waals surface area contributed by atoms with E-state index in [9.17, 15) is 32.1 Å². The molecule has 1 rings (SSSR count). The van der Waals surface area contributed by atoms with Crippen molar-refractivity contribution >= 4 is 25.4 Å². The maximum absolute atomic E-state index is 12.5. The average Bonchev–Trinajstić information content (AvgIpc) is 2.14. The van der Waals surface area contributed by atoms with E-state index in [1.54, 1.807) is 0 Å². The Morgan fingerprint density at radius 3 is 2.35 bits per heavy atom. The van der Waals surface area contributed by atoms with E-state index in [1.807, 2.05) is 0 Å². The van der Waals surface area contributed by atoms with Gasteiger partial charge >= 0.3 is 11.2 Å². The Balaban J connectivity index is 3.71. The first-order valence-electron chi connectivity index (χ1n) is 3.79. The number of aromatic nitrogens is 1. The topological polar surface area (TPSA) is 110 Å². The third kappa shape index (κ3) is 2.77. The molecule has 11 heteroatoms. The number of pyridine rings is 1. The van der Waals surface area contributed by atoms with Crippen molar-refractivity contribution in [2.75, 3.05) is 0 Å². The zero-order valence-corrected chi connectivity index (χ0v) is 9.26. The highest BCUT2D eigenvalue weighted by molar-refractivity contribution is 8.13. The first-order chi connectivity index (χ1) is 7.64. The largest absolute Gasteiger partial charge is 0.334 e. The van der Waals surface area contributed by atoms with E-state index in [0.29, 0.717) is 0 Å². The molecule has 7 nitrogen and oxygen atoms in total. The second kappa shape index (κ2) is 4.37. The van der Waals surface area contributed by atoms with E-state index < -0.39 is 42.2 Å². The molecule has 1 aromatic rings. The number of hydrogen-bond acceptors (Lipinski definition) is 5. The van der Waals surface area contributed by atoms with Crippen LogP contribution in [0.25, 0.3) is 0 Å². The molecule has 0 atom stereocenters. The lowest BCUT2D eigenvalue weighted by Crippen LogP contribution is -2.17. The number of nitrogens with zero attached hydrogens (tertiary/aromatic N) is 1. The molecule has 0 saturated heterocycles. The summed E-state index contributed by atoms with van der Waals surface area (Å²) in [5, 5.41) is 9.07. The van der Waals surface area contributed by atoms with Crippen LogP contribution in [0.4, 0.5) is 14.5 Å². The normalized spacial score (nSPS) is 11.8. The minimum Gasteiger partial charge on any atom is -0.306 e. The molecule has 0 radical (unpaired) electrons. The zero-order chi connectivity index (χ0) is 13.4. The molecule has 17 heavy (non-hydrogen) atoms. The van der Waals surface area contributed by atoms with Crippen molar-refractivity contribution in [2.24, 2.45) is 0 Å². The van der Waals surface area contributed by atoms with Crippen LogP contribution in [0, 0.1) is 10.1 Å². The molecule has 0 bridgehead atoms. The molecule has 0 amide bonds. The molecular weight excluding hydrogens is 286 g/mol. The van der Waals surface area contributed by atoms with Crippen LogP contribution in [0.1, 0.15) is 12.0 Å². The molecule has 0 aliphatic heterocycles. The first kappa shape index (κ1) is 13.5. The molecule has 94 valence electrons. The van der Waals surface area contributed by atoms with Crippen LogP contribution in [0.2, 0.25) is 0 Å². The van der Waals surface area contributed by atoms with Crippen LogP contribution in [0.15, 0.2) is 15.9 Å². The summed E-state index contributed by atoms with van der Waals surface area (Å²) < 4.78 is 46.7. The van der Waals surface area contributed by atoms with E-state index >= 15 is 0 Å². The number of H-pyrrole nitrogens is 1. The van der Waals surface area contributed by atoms with E-state index in [-0.39, 0.29) is 6.07 Å². The Hall–Kier alpha value is -1.55. The van der Waals surface area contributed by atoms with E-state index in [0.717, 1.165) is 0 Å². The van der Waals surface area contributed by atoms with Crippen LogP contribution in [-0.2, 0) is 9.05 Å². The van der Waals surface area contributed by atoms with Gasteiger partial charge in [0.25, 0.3) is 15.5 Å². The van der Waals surface area contributed by atoms with Gasteiger partial charge in [0.15, 0.2) is 5.03 Å². The molecule has 0 aliphatic carbocycles. The van der Waals surface area contributed by atoms with Gasteiger partial charge in [0, 0.05) is 16.7 Å². The lowest BCUT2D eigenvalue weighted by atomic mass is 10.3. The molecule has 0 aromatic carbocycles. The molecule has 1 aromatic heterocycles. The monoisotopic (exact) mass is 288 g/mol. The zero-order valence-electron chi connectivity index (χ0n) is 7.69. The molecule has 0 unspecified atom stereocenters. The summed E-state index contributed by atoms with van der Waals surface area (Å²) in [5.74, 6) is 0. The van der Waals surface area contributed by atoms with Gasteiger partial charge in [0.1, 0.15) is 0 Å². The fourth-order valence-electron chi connectivity index (χ4n) is 1.02. The maximum Gasteiger partial charge on any atom is 0.334 e. The minimum atomic E-state index is -4.63. The second-order valence-electron chi connectivity index (χ2n) is 2.76. The molecule has 1 N–H and O–H groups in total. The van der Waals surface area contributed by atoms with E-state index in [1.165, 1.54) is 4.98 Å². The predicted octanol–water partition coefficient (Wildman–Crippen LogP) is 1.15. The highest BCUT2D eigenvalue weighted by Gasteiger charge is 2.27. The number of nitro groups is 1. The van der Waals surface area contributed by atoms with Crippen LogP contribution in [0.5, 0.6) is 0 Å². The summed E-state index contributed by atoms with van der Waals surface area (Å²) in [5.41, 5.74) is -3.85. The van der Waals surface area contributed by atoms with Gasteiger partial charge in [-0.05, 0) is 0 Å². The summed E-state index contributed by atoms with van der Waals surface area (Å²) in [7, 11) is 0.181. The third-order valence-electron chi connectivity index (χ3n) is 1.69. The fourth-order valence-corrected chi connectivity index (χ4v) is 2.04. The van der Waals surface area contributed by atoms with Gasteiger partial charge in [0.05, 0.1) is 10.5 Å². The SMILES string of the molecule is O=c1[nH]c(S(=O)(=O)Cl)c(C(F)F)cc1[N+](=O)[O-]. The number of nitrogens with one attached hydrogen (secondary N) is 1. The summed E-state index contributed by atoms with van der Waals surface area (Å²) in [6.45, 7) is 0. The summed E-state index contributed by atoms with van der Waals surface area (Å²) in [4.78, 5) is 21.6.